The molecule has 1 aliphatic rings. The topological polar surface area (TPSA) is 38.2 Å². The summed E-state index contributed by atoms with van der Waals surface area (Å²) < 4.78 is 46.8. The lowest BCUT2D eigenvalue weighted by atomic mass is 9.83. The number of nitrogens with zero attached hydrogens (tertiary/aromatic N) is 3. The van der Waals surface area contributed by atoms with Crippen LogP contribution in [0.2, 0.25) is 0 Å². The second-order valence-corrected chi connectivity index (χ2v) is 8.25. The maximum absolute atomic E-state index is 13.8. The van der Waals surface area contributed by atoms with Gasteiger partial charge < -0.3 is 9.64 Å². The number of halogens is 3. The minimum Gasteiger partial charge on any atom is -0.463 e. The molecule has 2 aromatic rings. The largest absolute Gasteiger partial charge is 0.463 e. The average Bonchev–Trinajstić information content (AvgIpc) is 2.78. The second kappa shape index (κ2) is 10.8. The fourth-order valence-electron chi connectivity index (χ4n) is 4.24. The highest BCUT2D eigenvalue weighted by Gasteiger charge is 2.37. The van der Waals surface area contributed by atoms with Crippen molar-refractivity contribution in [2.75, 3.05) is 18.6 Å². The van der Waals surface area contributed by atoms with Crippen molar-refractivity contribution in [2.24, 2.45) is 0 Å². The molecule has 1 aromatic heterocycles. The molecule has 0 aliphatic heterocycles. The molecular weight excluding hydrogens is 403 g/mol. The molecule has 1 heterocycles. The van der Waals surface area contributed by atoms with Gasteiger partial charge in [-0.3, -0.25) is 0 Å². The van der Waals surface area contributed by atoms with E-state index < -0.39 is 11.7 Å². The standard InChI is InChI=1S/C24H32F3N3O/c1-3-4-5-11-16-31-23-28-17-20(24(25,26)27)22(29-23)30(2)21-15-10-9-14-19(21)18-12-7-6-8-13-18/h9-10,14-15,17-18H,3-8,11-13,16H2,1-2H3. The molecule has 1 fully saturated rings. The fourth-order valence-corrected chi connectivity index (χ4v) is 4.24. The van der Waals surface area contributed by atoms with E-state index in [1.165, 1.54) is 6.42 Å². The molecule has 0 spiro atoms. The normalized spacial score (nSPS) is 15.1. The maximum Gasteiger partial charge on any atom is 0.421 e. The first-order valence-electron chi connectivity index (χ1n) is 11.3. The Kier molecular flexibility index (Phi) is 8.15. The SMILES string of the molecule is CCCCCCOc1ncc(C(F)(F)F)c(N(C)c2ccccc2C2CCCCC2)n1. The van der Waals surface area contributed by atoms with E-state index in [2.05, 4.69) is 16.9 Å². The summed E-state index contributed by atoms with van der Waals surface area (Å²) in [5, 5.41) is 0. The van der Waals surface area contributed by atoms with Crippen LogP contribution >= 0.6 is 0 Å². The summed E-state index contributed by atoms with van der Waals surface area (Å²) in [4.78, 5) is 9.56. The summed E-state index contributed by atoms with van der Waals surface area (Å²) in [6.45, 7) is 2.51. The lowest BCUT2D eigenvalue weighted by Gasteiger charge is -2.29. The smallest absolute Gasteiger partial charge is 0.421 e. The molecule has 7 heteroatoms. The first-order chi connectivity index (χ1) is 14.9. The molecule has 0 saturated heterocycles. The van der Waals surface area contributed by atoms with Crippen LogP contribution < -0.4 is 9.64 Å². The second-order valence-electron chi connectivity index (χ2n) is 8.25. The quantitative estimate of drug-likeness (QED) is 0.388. The van der Waals surface area contributed by atoms with Gasteiger partial charge in [0.1, 0.15) is 5.56 Å². The minimum absolute atomic E-state index is 0.0125. The van der Waals surface area contributed by atoms with Crippen molar-refractivity contribution in [3.05, 3.63) is 41.6 Å². The van der Waals surface area contributed by atoms with Gasteiger partial charge in [-0.25, -0.2) is 4.98 Å². The van der Waals surface area contributed by atoms with Gasteiger partial charge in [0.2, 0.25) is 0 Å². The summed E-state index contributed by atoms with van der Waals surface area (Å²) in [6.07, 6.45) is 5.98. The van der Waals surface area contributed by atoms with Gasteiger partial charge in [-0.15, -0.1) is 0 Å². The van der Waals surface area contributed by atoms with Crippen LogP contribution in [0.15, 0.2) is 30.5 Å². The zero-order chi connectivity index (χ0) is 22.3. The summed E-state index contributed by atoms with van der Waals surface area (Å²) in [7, 11) is 1.64. The van der Waals surface area contributed by atoms with Crippen molar-refractivity contribution in [1.29, 1.82) is 0 Å². The molecular formula is C24H32F3N3O. The van der Waals surface area contributed by atoms with Gasteiger partial charge >= 0.3 is 12.2 Å². The number of benzene rings is 1. The number of hydrogen-bond donors (Lipinski definition) is 0. The van der Waals surface area contributed by atoms with Crippen molar-refractivity contribution < 1.29 is 17.9 Å². The Labute approximate surface area is 182 Å². The van der Waals surface area contributed by atoms with E-state index in [1.807, 2.05) is 24.3 Å². The number of hydrogen-bond acceptors (Lipinski definition) is 4. The van der Waals surface area contributed by atoms with Crippen LogP contribution in [0, 0.1) is 0 Å². The number of rotatable bonds is 9. The number of ether oxygens (including phenoxy) is 1. The van der Waals surface area contributed by atoms with Crippen LogP contribution in [-0.2, 0) is 6.18 Å². The van der Waals surface area contributed by atoms with Crippen LogP contribution in [0.5, 0.6) is 6.01 Å². The molecule has 0 bridgehead atoms. The van der Waals surface area contributed by atoms with Gasteiger partial charge in [-0.05, 0) is 36.8 Å². The Bertz CT molecular complexity index is 835. The lowest BCUT2D eigenvalue weighted by Crippen LogP contribution is -2.21. The number of alkyl halides is 3. The third-order valence-corrected chi connectivity index (χ3v) is 5.94. The van der Waals surface area contributed by atoms with Crippen molar-refractivity contribution in [3.63, 3.8) is 0 Å². The van der Waals surface area contributed by atoms with Crippen molar-refractivity contribution in [2.45, 2.75) is 76.8 Å². The van der Waals surface area contributed by atoms with Gasteiger partial charge in [0.15, 0.2) is 5.82 Å². The Balaban J connectivity index is 1.90. The highest BCUT2D eigenvalue weighted by Crippen LogP contribution is 2.42. The monoisotopic (exact) mass is 435 g/mol. The van der Waals surface area contributed by atoms with Gasteiger partial charge in [0.05, 0.1) is 6.61 Å². The molecule has 1 saturated carbocycles. The summed E-state index contributed by atoms with van der Waals surface area (Å²) >= 11 is 0. The molecule has 0 N–H and O–H groups in total. The Morgan fingerprint density at radius 1 is 1.06 bits per heavy atom. The van der Waals surface area contributed by atoms with E-state index in [9.17, 15) is 13.2 Å². The molecule has 4 nitrogen and oxygen atoms in total. The number of unbranched alkanes of at least 4 members (excludes halogenated alkanes) is 3. The Morgan fingerprint density at radius 3 is 2.52 bits per heavy atom. The van der Waals surface area contributed by atoms with Crippen LogP contribution in [0.4, 0.5) is 24.7 Å². The average molecular weight is 436 g/mol. The molecule has 170 valence electrons. The minimum atomic E-state index is -4.55. The molecule has 0 amide bonds. The zero-order valence-electron chi connectivity index (χ0n) is 18.4. The molecule has 0 radical (unpaired) electrons. The Hall–Kier alpha value is -2.31. The van der Waals surface area contributed by atoms with Gasteiger partial charge in [0.25, 0.3) is 0 Å². The Morgan fingerprint density at radius 2 is 1.81 bits per heavy atom. The van der Waals surface area contributed by atoms with E-state index in [0.29, 0.717) is 12.5 Å². The maximum atomic E-state index is 13.8. The lowest BCUT2D eigenvalue weighted by molar-refractivity contribution is -0.137. The first-order valence-corrected chi connectivity index (χ1v) is 11.3. The molecule has 1 aromatic carbocycles. The third-order valence-electron chi connectivity index (χ3n) is 5.94. The van der Waals surface area contributed by atoms with Crippen molar-refractivity contribution >= 4 is 11.5 Å². The van der Waals surface area contributed by atoms with E-state index in [0.717, 1.165) is 68.8 Å². The van der Waals surface area contributed by atoms with Crippen LogP contribution in [-0.4, -0.2) is 23.6 Å². The van der Waals surface area contributed by atoms with Gasteiger partial charge in [-0.1, -0.05) is 63.6 Å². The third kappa shape index (κ3) is 6.11. The van der Waals surface area contributed by atoms with Crippen LogP contribution in [0.1, 0.15) is 81.8 Å². The van der Waals surface area contributed by atoms with E-state index in [4.69, 9.17) is 4.74 Å². The number of para-hydroxylation sites is 1. The zero-order valence-corrected chi connectivity index (χ0v) is 18.4. The summed E-state index contributed by atoms with van der Waals surface area (Å²) in [6, 6.07) is 7.70. The van der Waals surface area contributed by atoms with Crippen molar-refractivity contribution in [1.82, 2.24) is 9.97 Å². The molecule has 1 aliphatic carbocycles. The summed E-state index contributed by atoms with van der Waals surface area (Å²) in [5.74, 6) is 0.187. The van der Waals surface area contributed by atoms with Gasteiger partial charge in [0, 0.05) is 18.9 Å². The van der Waals surface area contributed by atoms with Crippen molar-refractivity contribution in [3.8, 4) is 6.01 Å². The molecule has 31 heavy (non-hydrogen) atoms. The fraction of sp³-hybridized carbons (Fsp3) is 0.583. The van der Waals surface area contributed by atoms with Crippen LogP contribution in [0.3, 0.4) is 0 Å². The highest BCUT2D eigenvalue weighted by atomic mass is 19.4. The number of aromatic nitrogens is 2. The van der Waals surface area contributed by atoms with E-state index in [1.54, 1.807) is 11.9 Å². The van der Waals surface area contributed by atoms with E-state index >= 15 is 0 Å². The molecule has 3 rings (SSSR count). The first kappa shape index (κ1) is 23.4. The molecule has 0 unspecified atom stereocenters. The highest BCUT2D eigenvalue weighted by molar-refractivity contribution is 5.66. The van der Waals surface area contributed by atoms with E-state index in [-0.39, 0.29) is 11.8 Å². The summed E-state index contributed by atoms with van der Waals surface area (Å²) in [5.41, 5.74) is 0.984. The molecule has 0 atom stereocenters. The predicted octanol–water partition coefficient (Wildman–Crippen LogP) is 7.27. The van der Waals surface area contributed by atoms with Crippen LogP contribution in [0.25, 0.3) is 0 Å². The predicted molar refractivity (Wildman–Crippen MR) is 117 cm³/mol. The number of anilines is 2. The van der Waals surface area contributed by atoms with Gasteiger partial charge in [-0.2, -0.15) is 18.2 Å².